The zero-order chi connectivity index (χ0) is 20.0. The van der Waals surface area contributed by atoms with E-state index in [9.17, 15) is 13.2 Å². The number of hydrogen-bond donors (Lipinski definition) is 2. The van der Waals surface area contributed by atoms with Crippen molar-refractivity contribution in [3.05, 3.63) is 59.2 Å². The molecule has 1 amide bonds. The largest absolute Gasteiger partial charge is 0.496 e. The van der Waals surface area contributed by atoms with Crippen LogP contribution in [0.15, 0.2) is 47.4 Å². The Hall–Kier alpha value is -2.38. The Morgan fingerprint density at radius 2 is 1.78 bits per heavy atom. The molecule has 0 unspecified atom stereocenters. The maximum atomic E-state index is 12.7. The second kappa shape index (κ2) is 6.65. The molecule has 2 aromatic carbocycles. The average Bonchev–Trinajstić information content (AvgIpc) is 3.14. The monoisotopic (exact) mass is 388 g/mol. The van der Waals surface area contributed by atoms with Crippen LogP contribution in [0.5, 0.6) is 5.75 Å². The molecule has 7 heteroatoms. The molecular formula is C20H24N2O4S. The van der Waals surface area contributed by atoms with Crippen molar-refractivity contribution >= 4 is 15.9 Å². The van der Waals surface area contributed by atoms with Gasteiger partial charge in [-0.15, -0.1) is 0 Å². The van der Waals surface area contributed by atoms with Crippen LogP contribution in [0.4, 0.5) is 0 Å². The SMILES string of the molecule is COc1cc(C)ccc1C(=O)N[C@H]1[C@H](c2ccc(S(N)(=O)=O)cc2)C1(C)C. The van der Waals surface area contributed by atoms with E-state index in [4.69, 9.17) is 9.88 Å². The number of methoxy groups -OCH3 is 1. The minimum Gasteiger partial charge on any atom is -0.496 e. The third-order valence-electron chi connectivity index (χ3n) is 5.28. The average molecular weight is 388 g/mol. The Bertz CT molecular complexity index is 982. The molecule has 3 rings (SSSR count). The number of amides is 1. The highest BCUT2D eigenvalue weighted by Gasteiger charge is 2.59. The number of ether oxygens (including phenoxy) is 1. The van der Waals surface area contributed by atoms with Gasteiger partial charge in [-0.2, -0.15) is 0 Å². The quantitative estimate of drug-likeness (QED) is 0.822. The van der Waals surface area contributed by atoms with Crippen LogP contribution in [0.3, 0.4) is 0 Å². The normalized spacial score (nSPS) is 20.8. The third-order valence-corrected chi connectivity index (χ3v) is 6.21. The minimum absolute atomic E-state index is 0.0589. The van der Waals surface area contributed by atoms with Gasteiger partial charge in [-0.3, -0.25) is 4.79 Å². The Morgan fingerprint density at radius 1 is 1.15 bits per heavy atom. The standard InChI is InChI=1S/C20H24N2O4S/c1-12-5-10-15(16(11-12)26-4)19(23)22-18-17(20(18,2)3)13-6-8-14(9-7-13)27(21,24)25/h5-11,17-18H,1-4H3,(H,22,23)(H2,21,24,25)/t17-,18-/m0/s1. The van der Waals surface area contributed by atoms with Crippen molar-refractivity contribution in [3.8, 4) is 5.75 Å². The van der Waals surface area contributed by atoms with Gasteiger partial charge in [-0.1, -0.05) is 32.0 Å². The lowest BCUT2D eigenvalue weighted by atomic mass is 10.0. The molecule has 144 valence electrons. The van der Waals surface area contributed by atoms with Gasteiger partial charge in [-0.25, -0.2) is 13.6 Å². The second-order valence-electron chi connectivity index (χ2n) is 7.57. The number of carbonyl (C=O) groups is 1. The van der Waals surface area contributed by atoms with Gasteiger partial charge in [-0.05, 0) is 47.7 Å². The number of aryl methyl sites for hydroxylation is 1. The molecule has 0 radical (unpaired) electrons. The van der Waals surface area contributed by atoms with E-state index in [1.165, 1.54) is 12.1 Å². The number of nitrogens with one attached hydrogen (secondary N) is 1. The summed E-state index contributed by atoms with van der Waals surface area (Å²) < 4.78 is 28.2. The summed E-state index contributed by atoms with van der Waals surface area (Å²) in [5, 5.41) is 8.24. The molecule has 1 aliphatic rings. The van der Waals surface area contributed by atoms with Crippen LogP contribution in [0, 0.1) is 12.3 Å². The number of primary sulfonamides is 1. The summed E-state index contributed by atoms with van der Waals surface area (Å²) in [6.07, 6.45) is 0. The summed E-state index contributed by atoms with van der Waals surface area (Å²) >= 11 is 0. The molecule has 2 atom stereocenters. The maximum absolute atomic E-state index is 12.7. The van der Waals surface area contributed by atoms with Crippen LogP contribution >= 0.6 is 0 Å². The van der Waals surface area contributed by atoms with Crippen molar-refractivity contribution in [2.75, 3.05) is 7.11 Å². The number of carbonyl (C=O) groups excluding carboxylic acids is 1. The van der Waals surface area contributed by atoms with Crippen molar-refractivity contribution in [2.45, 2.75) is 37.6 Å². The van der Waals surface area contributed by atoms with Crippen molar-refractivity contribution in [3.63, 3.8) is 0 Å². The van der Waals surface area contributed by atoms with Crippen LogP contribution in [0.25, 0.3) is 0 Å². The van der Waals surface area contributed by atoms with Gasteiger partial charge in [0.1, 0.15) is 5.75 Å². The highest BCUT2D eigenvalue weighted by Crippen LogP contribution is 2.58. The highest BCUT2D eigenvalue weighted by atomic mass is 32.2. The first-order chi connectivity index (χ1) is 12.6. The summed E-state index contributed by atoms with van der Waals surface area (Å²) in [6, 6.07) is 11.9. The highest BCUT2D eigenvalue weighted by molar-refractivity contribution is 7.89. The van der Waals surface area contributed by atoms with Gasteiger partial charge in [0.05, 0.1) is 17.6 Å². The molecule has 0 spiro atoms. The van der Waals surface area contributed by atoms with E-state index >= 15 is 0 Å². The molecule has 1 saturated carbocycles. The fourth-order valence-corrected chi connectivity index (χ4v) is 4.11. The first kappa shape index (κ1) is 19.4. The predicted molar refractivity (Wildman–Crippen MR) is 103 cm³/mol. The van der Waals surface area contributed by atoms with E-state index in [-0.39, 0.29) is 28.2 Å². The van der Waals surface area contributed by atoms with Crippen LogP contribution in [0.2, 0.25) is 0 Å². The summed E-state index contributed by atoms with van der Waals surface area (Å²) in [7, 11) is -2.17. The topological polar surface area (TPSA) is 98.5 Å². The van der Waals surface area contributed by atoms with Gasteiger partial charge in [0.2, 0.25) is 10.0 Å². The Kier molecular flexibility index (Phi) is 4.78. The number of sulfonamides is 1. The van der Waals surface area contributed by atoms with Gasteiger partial charge in [0.25, 0.3) is 5.91 Å². The van der Waals surface area contributed by atoms with E-state index in [0.717, 1.165) is 11.1 Å². The fourth-order valence-electron chi connectivity index (χ4n) is 3.60. The van der Waals surface area contributed by atoms with Crippen molar-refractivity contribution < 1.29 is 17.9 Å². The third kappa shape index (κ3) is 3.70. The molecule has 0 bridgehead atoms. The summed E-state index contributed by atoms with van der Waals surface area (Å²) in [6.45, 7) is 6.08. The van der Waals surface area contributed by atoms with E-state index in [0.29, 0.717) is 11.3 Å². The van der Waals surface area contributed by atoms with Gasteiger partial charge >= 0.3 is 0 Å². The van der Waals surface area contributed by atoms with Gasteiger partial charge in [0, 0.05) is 12.0 Å². The Balaban J connectivity index is 1.79. The van der Waals surface area contributed by atoms with E-state index in [2.05, 4.69) is 19.2 Å². The molecule has 0 saturated heterocycles. The van der Waals surface area contributed by atoms with Crippen LogP contribution in [-0.2, 0) is 10.0 Å². The molecule has 6 nitrogen and oxygen atoms in total. The first-order valence-electron chi connectivity index (χ1n) is 8.64. The zero-order valence-electron chi connectivity index (χ0n) is 15.8. The lowest BCUT2D eigenvalue weighted by Crippen LogP contribution is -2.29. The molecule has 0 aliphatic heterocycles. The molecule has 1 aliphatic carbocycles. The summed E-state index contributed by atoms with van der Waals surface area (Å²) in [4.78, 5) is 12.8. The predicted octanol–water partition coefficient (Wildman–Crippen LogP) is 2.57. The Labute approximate surface area is 159 Å². The molecule has 1 fully saturated rings. The van der Waals surface area contributed by atoms with Gasteiger partial charge < -0.3 is 10.1 Å². The zero-order valence-corrected chi connectivity index (χ0v) is 16.6. The van der Waals surface area contributed by atoms with E-state index in [1.807, 2.05) is 19.1 Å². The van der Waals surface area contributed by atoms with E-state index < -0.39 is 10.0 Å². The lowest BCUT2D eigenvalue weighted by Gasteiger charge is -2.11. The van der Waals surface area contributed by atoms with Crippen molar-refractivity contribution in [1.82, 2.24) is 5.32 Å². The summed E-state index contributed by atoms with van der Waals surface area (Å²) in [5.41, 5.74) is 2.34. The summed E-state index contributed by atoms with van der Waals surface area (Å²) in [5.74, 6) is 0.445. The molecule has 27 heavy (non-hydrogen) atoms. The Morgan fingerprint density at radius 3 is 2.33 bits per heavy atom. The molecule has 2 aromatic rings. The van der Waals surface area contributed by atoms with Crippen molar-refractivity contribution in [1.29, 1.82) is 0 Å². The van der Waals surface area contributed by atoms with Crippen LogP contribution in [0.1, 0.15) is 41.3 Å². The van der Waals surface area contributed by atoms with E-state index in [1.54, 1.807) is 25.3 Å². The number of benzene rings is 2. The minimum atomic E-state index is -3.72. The number of nitrogens with two attached hydrogens (primary N) is 1. The maximum Gasteiger partial charge on any atom is 0.255 e. The molecule has 3 N–H and O–H groups in total. The first-order valence-corrected chi connectivity index (χ1v) is 10.2. The van der Waals surface area contributed by atoms with Crippen molar-refractivity contribution in [2.24, 2.45) is 10.6 Å². The lowest BCUT2D eigenvalue weighted by molar-refractivity contribution is 0.0943. The number of rotatable bonds is 5. The van der Waals surface area contributed by atoms with Crippen LogP contribution in [-0.4, -0.2) is 27.5 Å². The second-order valence-corrected chi connectivity index (χ2v) is 9.13. The molecular weight excluding hydrogens is 364 g/mol. The molecule has 0 aromatic heterocycles. The van der Waals surface area contributed by atoms with Crippen LogP contribution < -0.4 is 15.2 Å². The van der Waals surface area contributed by atoms with Gasteiger partial charge in [0.15, 0.2) is 0 Å². The smallest absolute Gasteiger partial charge is 0.255 e. The molecule has 0 heterocycles. The fraction of sp³-hybridized carbons (Fsp3) is 0.350. The number of hydrogen-bond acceptors (Lipinski definition) is 4.